The first-order chi connectivity index (χ1) is 35.0. The molecule has 73 heavy (non-hydrogen) atoms. The van der Waals surface area contributed by atoms with Crippen LogP contribution in [0.1, 0.15) is 125 Å². The summed E-state index contributed by atoms with van der Waals surface area (Å²) in [6, 6.07) is 13.4. The van der Waals surface area contributed by atoms with Gasteiger partial charge in [-0.2, -0.15) is 0 Å². The van der Waals surface area contributed by atoms with Gasteiger partial charge in [-0.3, -0.25) is 24.0 Å². The number of nitrogens with one attached hydrogen (secondary N) is 2. The number of halogens is 1. The lowest BCUT2D eigenvalue weighted by Gasteiger charge is -2.38. The Kier molecular flexibility index (Phi) is 19.5. The zero-order valence-electron chi connectivity index (χ0n) is 42.7. The molecule has 1 aliphatic carbocycles. The van der Waals surface area contributed by atoms with Gasteiger partial charge in [0.1, 0.15) is 36.6 Å². The molecule has 17 nitrogen and oxygen atoms in total. The number of amides is 4. The van der Waals surface area contributed by atoms with E-state index in [2.05, 4.69) is 37.4 Å². The molecule has 2 aliphatic heterocycles. The van der Waals surface area contributed by atoms with E-state index in [4.69, 9.17) is 21.1 Å². The molecule has 0 unspecified atom stereocenters. The number of unbranched alkanes of at least 4 members (excludes halogenated alkanes) is 1. The average Bonchev–Trinajstić information content (AvgIpc) is 4.08. The third-order valence-corrected chi connectivity index (χ3v) is 15.2. The highest BCUT2D eigenvalue weighted by Gasteiger charge is 2.44. The maximum absolute atomic E-state index is 14.1. The number of anilines is 1. The second-order valence-electron chi connectivity index (χ2n) is 20.6. The zero-order valence-corrected chi connectivity index (χ0v) is 44.3. The lowest BCUT2D eigenvalue weighted by molar-refractivity contribution is -0.144. The fourth-order valence-corrected chi connectivity index (χ4v) is 10.9. The number of hydrogen-bond donors (Lipinski definition) is 4. The van der Waals surface area contributed by atoms with Gasteiger partial charge in [-0.15, -0.1) is 11.3 Å². The van der Waals surface area contributed by atoms with Gasteiger partial charge in [0.25, 0.3) is 0 Å². The topological polar surface area (TPSA) is 217 Å². The van der Waals surface area contributed by atoms with Gasteiger partial charge in [-0.1, -0.05) is 82.1 Å². The number of ether oxygens (including phenoxy) is 2. The van der Waals surface area contributed by atoms with Crippen LogP contribution in [-0.2, 0) is 40.0 Å². The van der Waals surface area contributed by atoms with Crippen molar-refractivity contribution < 1.29 is 43.7 Å². The van der Waals surface area contributed by atoms with Crippen LogP contribution >= 0.6 is 22.9 Å². The van der Waals surface area contributed by atoms with Crippen LogP contribution in [0.25, 0.3) is 10.4 Å². The van der Waals surface area contributed by atoms with Crippen molar-refractivity contribution in [3.63, 3.8) is 0 Å². The Morgan fingerprint density at radius 1 is 0.863 bits per heavy atom. The highest BCUT2D eigenvalue weighted by Crippen LogP contribution is 2.43. The van der Waals surface area contributed by atoms with E-state index in [9.17, 15) is 34.2 Å². The number of thiazole rings is 1. The van der Waals surface area contributed by atoms with Crippen molar-refractivity contribution in [3.05, 3.63) is 93.5 Å². The molecule has 19 heteroatoms. The fraction of sp³-hybridized carbons (Fsp3) is 0.556. The van der Waals surface area contributed by atoms with Crippen LogP contribution in [-0.4, -0.2) is 142 Å². The minimum Gasteiger partial charge on any atom is -0.391 e. The van der Waals surface area contributed by atoms with Crippen LogP contribution in [0.2, 0.25) is 5.02 Å². The molecule has 7 rings (SSSR count). The van der Waals surface area contributed by atoms with Crippen molar-refractivity contribution in [3.8, 4) is 10.4 Å². The normalized spacial score (nSPS) is 19.6. The Morgan fingerprint density at radius 3 is 2.27 bits per heavy atom. The highest BCUT2D eigenvalue weighted by atomic mass is 35.5. The van der Waals surface area contributed by atoms with E-state index in [1.165, 1.54) is 11.2 Å². The molecule has 0 bridgehead atoms. The van der Waals surface area contributed by atoms with Crippen molar-refractivity contribution in [2.45, 2.75) is 129 Å². The number of β-amino-alcohol motifs (C(OH)–C–C–N with tert-alkyl or cyclic N) is 1. The minimum absolute atomic E-state index is 0.0306. The number of fused-ring (bicyclic) bond motifs is 1. The Balaban J connectivity index is 0.772. The SMILES string of the molecule is Cc1ncsc1-c1ccc(CNC(=O)[C@@H]2C[C@@H](O)CN2C(=O)[C@@H](NC(=O)COCCOCCCC(=O)CCCC[C@@H](C(=O)N2CCN(c3ncnc4c3[C@H](C)C[C@H]4O)CC2)c2ccc(Cl)cc2)C(C)(C)C)cc1. The number of aromatic nitrogens is 3. The third-order valence-electron chi connectivity index (χ3n) is 14.0. The number of piperazine rings is 1. The summed E-state index contributed by atoms with van der Waals surface area (Å²) < 4.78 is 11.2. The van der Waals surface area contributed by atoms with E-state index in [-0.39, 0.29) is 68.8 Å². The third kappa shape index (κ3) is 14.7. The number of rotatable bonds is 23. The van der Waals surface area contributed by atoms with Gasteiger partial charge >= 0.3 is 0 Å². The first-order valence-corrected chi connectivity index (χ1v) is 26.8. The Bertz CT molecular complexity index is 2510. The van der Waals surface area contributed by atoms with Crippen LogP contribution in [0.4, 0.5) is 5.82 Å². The van der Waals surface area contributed by atoms with E-state index >= 15 is 0 Å². The van der Waals surface area contributed by atoms with Crippen LogP contribution < -0.4 is 15.5 Å². The lowest BCUT2D eigenvalue weighted by Crippen LogP contribution is -2.58. The summed E-state index contributed by atoms with van der Waals surface area (Å²) in [5.41, 5.74) is 6.58. The molecule has 4 heterocycles. The smallest absolute Gasteiger partial charge is 0.246 e. The van der Waals surface area contributed by atoms with Crippen molar-refractivity contribution in [2.75, 3.05) is 64.1 Å². The maximum Gasteiger partial charge on any atom is 0.246 e. The zero-order chi connectivity index (χ0) is 52.2. The van der Waals surface area contributed by atoms with E-state index in [1.54, 1.807) is 23.5 Å². The standard InChI is InChI=1S/C54H71ClN8O9S/c1-34-27-44(66)47-46(34)50(58-32-57-47)61-20-22-62(23-21-61)52(69)42(37-16-18-39(55)19-17-37)11-7-6-9-40(64)10-8-24-71-25-26-72-31-45(67)60-49(54(3,4)5)53(70)63-30-41(65)28-43(63)51(68)56-29-36-12-14-38(15-13-36)48-35(2)59-33-73-48/h12-19,32-34,41-44,49,65-66H,6-11,20-31H2,1-5H3,(H,56,68)(H,60,67)/t34-,41-,42-,43+,44-,49-/m1/s1. The number of carbonyl (C=O) groups is 5. The molecule has 4 aromatic rings. The van der Waals surface area contributed by atoms with Gasteiger partial charge in [0.2, 0.25) is 23.6 Å². The first kappa shape index (κ1) is 55.4. The summed E-state index contributed by atoms with van der Waals surface area (Å²) >= 11 is 7.78. The van der Waals surface area contributed by atoms with Crippen molar-refractivity contribution >= 4 is 58.2 Å². The predicted molar refractivity (Wildman–Crippen MR) is 279 cm³/mol. The van der Waals surface area contributed by atoms with Crippen molar-refractivity contribution in [1.82, 2.24) is 35.4 Å². The molecule has 2 fully saturated rings. The quantitative estimate of drug-likeness (QED) is 0.0602. The van der Waals surface area contributed by atoms with Gasteiger partial charge < -0.3 is 45.0 Å². The highest BCUT2D eigenvalue weighted by molar-refractivity contribution is 7.13. The van der Waals surface area contributed by atoms with Gasteiger partial charge in [0.15, 0.2) is 0 Å². The average molecular weight is 1040 g/mol. The number of likely N-dealkylation sites (tertiary alicyclic amines) is 1. The number of Topliss-reactive ketones (excluding diaryl/α,β-unsaturated/α-hetero) is 1. The largest absolute Gasteiger partial charge is 0.391 e. The summed E-state index contributed by atoms with van der Waals surface area (Å²) in [4.78, 5) is 87.2. The van der Waals surface area contributed by atoms with Crippen molar-refractivity contribution in [1.29, 1.82) is 0 Å². The predicted octanol–water partition coefficient (Wildman–Crippen LogP) is 6.29. The molecular formula is C54H71ClN8O9S. The Morgan fingerprint density at radius 2 is 1.58 bits per heavy atom. The molecule has 2 aromatic heterocycles. The maximum atomic E-state index is 14.1. The van der Waals surface area contributed by atoms with Gasteiger partial charge in [0, 0.05) is 75.7 Å². The molecule has 2 saturated heterocycles. The second-order valence-corrected chi connectivity index (χ2v) is 21.9. The molecule has 6 atom stereocenters. The van der Waals surface area contributed by atoms with E-state index in [0.717, 1.165) is 38.6 Å². The van der Waals surface area contributed by atoms with Gasteiger partial charge in [-0.25, -0.2) is 15.0 Å². The van der Waals surface area contributed by atoms with Crippen LogP contribution in [0.15, 0.2) is 60.4 Å². The van der Waals surface area contributed by atoms with Gasteiger partial charge in [-0.05, 0) is 72.8 Å². The summed E-state index contributed by atoms with van der Waals surface area (Å²) in [6.07, 6.45) is 4.03. The molecule has 4 amide bonds. The van der Waals surface area contributed by atoms with E-state index in [0.29, 0.717) is 88.4 Å². The molecule has 3 aliphatic rings. The summed E-state index contributed by atoms with van der Waals surface area (Å²) in [5, 5.41) is 27.4. The molecule has 4 N–H and O–H groups in total. The summed E-state index contributed by atoms with van der Waals surface area (Å²) in [6.45, 7) is 12.4. The molecule has 394 valence electrons. The van der Waals surface area contributed by atoms with Crippen LogP contribution in [0.3, 0.4) is 0 Å². The summed E-state index contributed by atoms with van der Waals surface area (Å²) in [5.74, 6) is -0.516. The van der Waals surface area contributed by atoms with E-state index in [1.807, 2.05) is 74.5 Å². The molecule has 0 saturated carbocycles. The molecule has 0 radical (unpaired) electrons. The molecule has 0 spiro atoms. The van der Waals surface area contributed by atoms with E-state index < -0.39 is 41.5 Å². The number of ketones is 1. The number of nitrogens with zero attached hydrogens (tertiary/aromatic N) is 6. The Hall–Kier alpha value is -5.37. The minimum atomic E-state index is -0.987. The second kappa shape index (κ2) is 25.7. The summed E-state index contributed by atoms with van der Waals surface area (Å²) in [7, 11) is 0. The monoisotopic (exact) mass is 1040 g/mol. The Labute approximate surface area is 437 Å². The van der Waals surface area contributed by atoms with Gasteiger partial charge in [0.05, 0.1) is 53.1 Å². The number of aliphatic hydroxyl groups is 2. The van der Waals surface area contributed by atoms with Crippen LogP contribution in [0, 0.1) is 12.3 Å². The van der Waals surface area contributed by atoms with Crippen LogP contribution in [0.5, 0.6) is 0 Å². The number of aryl methyl sites for hydroxylation is 1. The number of carbonyl (C=O) groups excluding carboxylic acids is 5. The number of hydrogen-bond acceptors (Lipinski definition) is 14. The fourth-order valence-electron chi connectivity index (χ4n) is 9.98. The first-order valence-electron chi connectivity index (χ1n) is 25.5. The number of benzene rings is 2. The van der Waals surface area contributed by atoms with Crippen molar-refractivity contribution in [2.24, 2.45) is 5.41 Å². The molecular weight excluding hydrogens is 972 g/mol. The lowest BCUT2D eigenvalue weighted by atomic mass is 9.85. The number of aliphatic hydroxyl groups excluding tert-OH is 2. The molecule has 2 aromatic carbocycles.